The Hall–Kier alpha value is -2.45. The summed E-state index contributed by atoms with van der Waals surface area (Å²) in [7, 11) is 12.3. The van der Waals surface area contributed by atoms with Crippen LogP contribution in [-0.4, -0.2) is 31.7 Å². The largest absolute Gasteiger partial charge is 0.378 e. The van der Waals surface area contributed by atoms with Crippen molar-refractivity contribution in [1.82, 2.24) is 0 Å². The van der Waals surface area contributed by atoms with Gasteiger partial charge in [0.1, 0.15) is 0 Å². The average molecular weight is 576 g/mol. The molecule has 0 spiro atoms. The molecule has 0 fully saturated rings. The van der Waals surface area contributed by atoms with E-state index in [0.29, 0.717) is 9.08 Å². The fourth-order valence-corrected chi connectivity index (χ4v) is 5.84. The first kappa shape index (κ1) is 25.2. The molecule has 0 amide bonds. The quantitative estimate of drug-likeness (QED) is 0.280. The summed E-state index contributed by atoms with van der Waals surface area (Å²) in [5.74, 6) is -1.76. The van der Waals surface area contributed by atoms with E-state index in [2.05, 4.69) is 16.4 Å². The van der Waals surface area contributed by atoms with E-state index in [0.717, 1.165) is 22.5 Å². The zero-order valence-electron chi connectivity index (χ0n) is 19.1. The zero-order valence-corrected chi connectivity index (χ0v) is 22.2. The maximum absolute atomic E-state index is 15.1. The number of rotatable bonds is 6. The van der Waals surface area contributed by atoms with E-state index in [1.807, 2.05) is 86.5 Å². The zero-order chi connectivity index (χ0) is 24.1. The molecule has 0 saturated heterocycles. The minimum absolute atomic E-state index is 0.167. The summed E-state index contributed by atoms with van der Waals surface area (Å²) in [5, 5.41) is 0. The predicted octanol–water partition coefficient (Wildman–Crippen LogP) is 7.55. The Labute approximate surface area is 208 Å². The molecule has 6 heteroatoms. The molecule has 2 aromatic carbocycles. The summed E-state index contributed by atoms with van der Waals surface area (Å²) in [4.78, 5) is 4.01. The predicted molar refractivity (Wildman–Crippen MR) is 153 cm³/mol. The van der Waals surface area contributed by atoms with Crippen LogP contribution in [0.4, 0.5) is 20.2 Å². The molecule has 0 atom stereocenters. The van der Waals surface area contributed by atoms with Gasteiger partial charge in [-0.15, -0.1) is 9.80 Å². The second-order valence-electron chi connectivity index (χ2n) is 7.97. The van der Waals surface area contributed by atoms with Crippen LogP contribution in [0.3, 0.4) is 0 Å². The van der Waals surface area contributed by atoms with Crippen LogP contribution in [-0.2, 0) is 0 Å². The van der Waals surface area contributed by atoms with Crippen molar-refractivity contribution in [3.8, 4) is 0 Å². The van der Waals surface area contributed by atoms with Gasteiger partial charge in [-0.05, 0) is 60.3 Å². The molecule has 0 aromatic heterocycles. The molecular weight excluding hydrogens is 549 g/mol. The number of anilines is 2. The standard InChI is InChI=1S/C27H27F2IN2S/c1-18-23(16-10-19-6-12-21(13-7-19)31(2)3)25(28)26(29)24(27(18)30-33)17-11-20-8-14-22(15-9-20)32(4)5/h6-17,33H,1H2,2-5H3/b16-10+,17-11+. The van der Waals surface area contributed by atoms with Crippen LogP contribution >= 0.6 is 29.1 Å². The number of benzene rings is 2. The molecule has 0 saturated carbocycles. The van der Waals surface area contributed by atoms with Crippen molar-refractivity contribution in [2.24, 2.45) is 0 Å². The van der Waals surface area contributed by atoms with Crippen LogP contribution < -0.4 is 9.80 Å². The minimum atomic E-state index is -0.890. The Kier molecular flexibility index (Phi) is 8.48. The van der Waals surface area contributed by atoms with Gasteiger partial charge < -0.3 is 9.80 Å². The Morgan fingerprint density at radius 2 is 1.09 bits per heavy atom. The van der Waals surface area contributed by atoms with Crippen LogP contribution in [0.5, 0.6) is 0 Å². The van der Waals surface area contributed by atoms with Crippen LogP contribution in [0, 0.1) is 0 Å². The van der Waals surface area contributed by atoms with Gasteiger partial charge in [-0.3, -0.25) is 0 Å². The maximum atomic E-state index is 15.1. The fraction of sp³-hybridized carbons (Fsp3) is 0.148. The van der Waals surface area contributed by atoms with Crippen molar-refractivity contribution in [3.05, 3.63) is 107 Å². The summed E-state index contributed by atoms with van der Waals surface area (Å²) in [6.07, 6.45) is 6.77. The van der Waals surface area contributed by atoms with Crippen molar-refractivity contribution in [2.45, 2.75) is 0 Å². The Balaban J connectivity index is 1.92. The van der Waals surface area contributed by atoms with Crippen molar-refractivity contribution < 1.29 is 8.78 Å². The van der Waals surface area contributed by atoms with Gasteiger partial charge in [0, 0.05) is 54.2 Å². The van der Waals surface area contributed by atoms with Crippen LogP contribution in [0.15, 0.2) is 95.6 Å². The number of halogens is 3. The SMILES string of the molecule is C=C1C(=IS)C(/C=C/c2ccc(N(C)C)cc2)=C(F)C(F)=C1/C=C/c1ccc(N(C)C)cc1. The molecule has 3 rings (SSSR count). The number of thiol groups is 1. The number of nitrogens with zero attached hydrogens (tertiary/aromatic N) is 2. The summed E-state index contributed by atoms with van der Waals surface area (Å²) >= 11 is -0.828. The van der Waals surface area contributed by atoms with E-state index in [4.69, 9.17) is 0 Å². The first-order chi connectivity index (χ1) is 15.7. The van der Waals surface area contributed by atoms with Gasteiger partial charge in [0.25, 0.3) is 0 Å². The van der Waals surface area contributed by atoms with Gasteiger partial charge in [-0.1, -0.05) is 55.1 Å². The molecule has 1 aliphatic carbocycles. The lowest BCUT2D eigenvalue weighted by atomic mass is 9.91. The lowest BCUT2D eigenvalue weighted by Gasteiger charge is -2.19. The van der Waals surface area contributed by atoms with Gasteiger partial charge in [-0.25, -0.2) is 8.78 Å². The van der Waals surface area contributed by atoms with Gasteiger partial charge in [0.15, 0.2) is 11.7 Å². The van der Waals surface area contributed by atoms with E-state index < -0.39 is 31.0 Å². The number of hydrogen-bond acceptors (Lipinski definition) is 3. The van der Waals surface area contributed by atoms with Gasteiger partial charge in [0.2, 0.25) is 0 Å². The summed E-state index contributed by atoms with van der Waals surface area (Å²) < 4.78 is 30.8. The minimum Gasteiger partial charge on any atom is -0.378 e. The number of allylic oxidation sites excluding steroid dienone is 7. The summed E-state index contributed by atoms with van der Waals surface area (Å²) in [6, 6.07) is 15.7. The third kappa shape index (κ3) is 5.92. The smallest absolute Gasteiger partial charge is 0.167 e. The molecule has 0 radical (unpaired) electrons. The fourth-order valence-electron chi connectivity index (χ4n) is 3.29. The summed E-state index contributed by atoms with van der Waals surface area (Å²) in [6.45, 7) is 4.06. The summed E-state index contributed by atoms with van der Waals surface area (Å²) in [5.41, 5.74) is 4.81. The van der Waals surface area contributed by atoms with E-state index >= 15 is 8.78 Å². The monoisotopic (exact) mass is 576 g/mol. The number of hydrogen-bond donors (Lipinski definition) is 1. The normalized spacial score (nSPS) is 16.2. The van der Waals surface area contributed by atoms with Crippen molar-refractivity contribution in [1.29, 1.82) is 0 Å². The first-order valence-electron chi connectivity index (χ1n) is 10.3. The molecule has 2 nitrogen and oxygen atoms in total. The van der Waals surface area contributed by atoms with Gasteiger partial charge in [-0.2, -0.15) is 0 Å². The molecule has 0 N–H and O–H groups in total. The highest BCUT2D eigenvalue weighted by atomic mass is 127. The topological polar surface area (TPSA) is 6.48 Å². The van der Waals surface area contributed by atoms with E-state index in [1.54, 1.807) is 24.3 Å². The molecule has 0 aliphatic heterocycles. The van der Waals surface area contributed by atoms with Crippen molar-refractivity contribution in [2.75, 3.05) is 38.0 Å². The molecule has 172 valence electrons. The van der Waals surface area contributed by atoms with E-state index in [9.17, 15) is 0 Å². The van der Waals surface area contributed by atoms with Crippen molar-refractivity contribution >= 4 is 56.2 Å². The molecular formula is C27H27F2IN2S. The van der Waals surface area contributed by atoms with Crippen LogP contribution in [0.2, 0.25) is 0 Å². The Bertz CT molecular complexity index is 1190. The molecule has 0 unspecified atom stereocenters. The lowest BCUT2D eigenvalue weighted by Crippen LogP contribution is -2.12. The molecule has 33 heavy (non-hydrogen) atoms. The van der Waals surface area contributed by atoms with E-state index in [-0.39, 0.29) is 11.1 Å². The molecule has 0 heterocycles. The highest BCUT2D eigenvalue weighted by Gasteiger charge is 2.27. The van der Waals surface area contributed by atoms with E-state index in [1.165, 1.54) is 0 Å². The lowest BCUT2D eigenvalue weighted by molar-refractivity contribution is 0.537. The second-order valence-corrected chi connectivity index (χ2v) is 10.7. The van der Waals surface area contributed by atoms with Crippen molar-refractivity contribution in [3.63, 3.8) is 0 Å². The third-order valence-corrected chi connectivity index (χ3v) is 8.13. The molecule has 1 aliphatic rings. The highest BCUT2D eigenvalue weighted by Crippen LogP contribution is 2.38. The van der Waals surface area contributed by atoms with Gasteiger partial charge >= 0.3 is 0 Å². The Morgan fingerprint density at radius 1 is 0.697 bits per heavy atom. The Morgan fingerprint density at radius 3 is 1.48 bits per heavy atom. The second kappa shape index (κ2) is 11.1. The first-order valence-corrected chi connectivity index (χ1v) is 14.6. The van der Waals surface area contributed by atoms with Gasteiger partial charge in [0.05, 0.1) is 0 Å². The average Bonchev–Trinajstić information content (AvgIpc) is 2.81. The van der Waals surface area contributed by atoms with Crippen LogP contribution in [0.25, 0.3) is 12.2 Å². The highest BCUT2D eigenvalue weighted by molar-refractivity contribution is 14.2. The molecule has 0 bridgehead atoms. The third-order valence-electron chi connectivity index (χ3n) is 5.28. The molecule has 2 aromatic rings. The maximum Gasteiger partial charge on any atom is 0.167 e. The van der Waals surface area contributed by atoms with Crippen LogP contribution in [0.1, 0.15) is 11.1 Å².